The molecule has 0 aliphatic heterocycles. The molecule has 0 radical (unpaired) electrons. The second-order valence-corrected chi connectivity index (χ2v) is 5.48. The molecule has 0 saturated heterocycles. The lowest BCUT2D eigenvalue weighted by Gasteiger charge is -2.15. The number of benzene rings is 1. The van der Waals surface area contributed by atoms with E-state index in [1.807, 2.05) is 45.0 Å². The number of ether oxygens (including phenoxy) is 1. The molecule has 1 heterocycles. The molecular formula is C18H23N3O3. The third-order valence-electron chi connectivity index (χ3n) is 3.57. The molecule has 0 aliphatic carbocycles. The normalized spacial score (nSPS) is 11.8. The fraction of sp³-hybridized carbons (Fsp3) is 0.389. The summed E-state index contributed by atoms with van der Waals surface area (Å²) in [6.07, 6.45) is 0.778. The zero-order chi connectivity index (χ0) is 17.5. The van der Waals surface area contributed by atoms with Gasteiger partial charge in [-0.1, -0.05) is 19.1 Å². The minimum absolute atomic E-state index is 0.179. The molecule has 0 saturated carbocycles. The van der Waals surface area contributed by atoms with Crippen molar-refractivity contribution in [3.8, 4) is 5.75 Å². The molecule has 128 valence electrons. The van der Waals surface area contributed by atoms with E-state index >= 15 is 0 Å². The van der Waals surface area contributed by atoms with E-state index < -0.39 is 0 Å². The summed E-state index contributed by atoms with van der Waals surface area (Å²) >= 11 is 0. The Morgan fingerprint density at radius 3 is 2.54 bits per heavy atom. The Morgan fingerprint density at radius 1 is 1.21 bits per heavy atom. The molecule has 1 aromatic carbocycles. The molecule has 1 N–H and O–H groups in total. The Bertz CT molecular complexity index is 738. The van der Waals surface area contributed by atoms with Crippen LogP contribution in [0.4, 0.5) is 0 Å². The highest BCUT2D eigenvalue weighted by Crippen LogP contribution is 2.17. The highest BCUT2D eigenvalue weighted by atomic mass is 16.5. The van der Waals surface area contributed by atoms with Crippen molar-refractivity contribution in [2.45, 2.75) is 39.8 Å². The second-order valence-electron chi connectivity index (χ2n) is 5.48. The Balaban J connectivity index is 2.08. The summed E-state index contributed by atoms with van der Waals surface area (Å²) in [5.74, 6) is 0.495. The quantitative estimate of drug-likeness (QED) is 0.847. The molecule has 1 aromatic heterocycles. The van der Waals surface area contributed by atoms with Crippen LogP contribution in [0.5, 0.6) is 5.75 Å². The lowest BCUT2D eigenvalue weighted by Crippen LogP contribution is -2.31. The number of aryl methyl sites for hydroxylation is 1. The first-order valence-corrected chi connectivity index (χ1v) is 8.17. The molecule has 2 rings (SSSR count). The summed E-state index contributed by atoms with van der Waals surface area (Å²) in [5, 5.41) is 7.01. The number of amides is 1. The summed E-state index contributed by atoms with van der Waals surface area (Å²) in [5.41, 5.74) is 1.00. The summed E-state index contributed by atoms with van der Waals surface area (Å²) in [6, 6.07) is 10.2. The van der Waals surface area contributed by atoms with Crippen LogP contribution in [0.1, 0.15) is 49.3 Å². The maximum Gasteiger partial charge on any atom is 0.272 e. The van der Waals surface area contributed by atoms with Crippen molar-refractivity contribution in [3.05, 3.63) is 58.0 Å². The van der Waals surface area contributed by atoms with Crippen molar-refractivity contribution >= 4 is 5.91 Å². The van der Waals surface area contributed by atoms with E-state index in [4.69, 9.17) is 4.74 Å². The third kappa shape index (κ3) is 4.44. The molecule has 0 unspecified atom stereocenters. The molecule has 6 heteroatoms. The lowest BCUT2D eigenvalue weighted by atomic mass is 10.1. The number of rotatable bonds is 7. The molecule has 0 fully saturated rings. The van der Waals surface area contributed by atoms with Gasteiger partial charge < -0.3 is 10.1 Å². The van der Waals surface area contributed by atoms with Crippen LogP contribution in [-0.4, -0.2) is 22.3 Å². The maximum atomic E-state index is 12.4. The average molecular weight is 329 g/mol. The van der Waals surface area contributed by atoms with Gasteiger partial charge in [-0.3, -0.25) is 9.59 Å². The zero-order valence-corrected chi connectivity index (χ0v) is 14.3. The first-order valence-electron chi connectivity index (χ1n) is 8.17. The van der Waals surface area contributed by atoms with Crippen LogP contribution in [0, 0.1) is 0 Å². The van der Waals surface area contributed by atoms with Gasteiger partial charge in [0, 0.05) is 12.6 Å². The van der Waals surface area contributed by atoms with Gasteiger partial charge in [-0.05, 0) is 44.0 Å². The fourth-order valence-corrected chi connectivity index (χ4v) is 2.32. The monoisotopic (exact) mass is 329 g/mol. The van der Waals surface area contributed by atoms with Gasteiger partial charge >= 0.3 is 0 Å². The van der Waals surface area contributed by atoms with Crippen molar-refractivity contribution in [1.29, 1.82) is 0 Å². The highest BCUT2D eigenvalue weighted by Gasteiger charge is 2.14. The fourth-order valence-electron chi connectivity index (χ4n) is 2.32. The SMILES string of the molecule is CCCn1nc(C(=O)N[C@H](C)c2ccc(OCC)cc2)ccc1=O. The van der Waals surface area contributed by atoms with Gasteiger partial charge in [0.05, 0.1) is 12.6 Å². The number of aromatic nitrogens is 2. The molecule has 0 bridgehead atoms. The van der Waals surface area contributed by atoms with E-state index in [9.17, 15) is 9.59 Å². The predicted molar refractivity (Wildman–Crippen MR) is 92.3 cm³/mol. The van der Waals surface area contributed by atoms with Gasteiger partial charge in [-0.15, -0.1) is 0 Å². The van der Waals surface area contributed by atoms with E-state index in [1.165, 1.54) is 16.8 Å². The largest absolute Gasteiger partial charge is 0.494 e. The Labute approximate surface area is 141 Å². The van der Waals surface area contributed by atoms with Gasteiger partial charge in [0.1, 0.15) is 11.4 Å². The van der Waals surface area contributed by atoms with Crippen molar-refractivity contribution < 1.29 is 9.53 Å². The number of hydrogen-bond donors (Lipinski definition) is 1. The number of carbonyl (C=O) groups is 1. The molecule has 1 amide bonds. The number of hydrogen-bond acceptors (Lipinski definition) is 4. The van der Waals surface area contributed by atoms with Crippen LogP contribution in [0.25, 0.3) is 0 Å². The van der Waals surface area contributed by atoms with Crippen molar-refractivity contribution in [2.24, 2.45) is 0 Å². The minimum Gasteiger partial charge on any atom is -0.494 e. The van der Waals surface area contributed by atoms with Crippen LogP contribution >= 0.6 is 0 Å². The van der Waals surface area contributed by atoms with Gasteiger partial charge in [0.2, 0.25) is 0 Å². The van der Waals surface area contributed by atoms with Crippen LogP contribution in [-0.2, 0) is 6.54 Å². The van der Waals surface area contributed by atoms with E-state index in [2.05, 4.69) is 10.4 Å². The number of nitrogens with zero attached hydrogens (tertiary/aromatic N) is 2. The van der Waals surface area contributed by atoms with E-state index in [0.717, 1.165) is 17.7 Å². The number of nitrogens with one attached hydrogen (secondary N) is 1. The standard InChI is InChI=1S/C18H23N3O3/c1-4-12-21-17(22)11-10-16(20-21)18(23)19-13(3)14-6-8-15(9-7-14)24-5-2/h6-11,13H,4-5,12H2,1-3H3,(H,19,23)/t13-/m1/s1. The molecule has 2 aromatic rings. The maximum absolute atomic E-state index is 12.4. The Kier molecular flexibility index (Phi) is 6.12. The first-order chi connectivity index (χ1) is 11.5. The van der Waals surface area contributed by atoms with Crippen LogP contribution in [0.3, 0.4) is 0 Å². The Morgan fingerprint density at radius 2 is 1.92 bits per heavy atom. The molecular weight excluding hydrogens is 306 g/mol. The highest BCUT2D eigenvalue weighted by molar-refractivity contribution is 5.92. The van der Waals surface area contributed by atoms with Crippen LogP contribution < -0.4 is 15.6 Å². The van der Waals surface area contributed by atoms with E-state index in [-0.39, 0.29) is 23.2 Å². The topological polar surface area (TPSA) is 73.2 Å². The van der Waals surface area contributed by atoms with Crippen LogP contribution in [0.2, 0.25) is 0 Å². The molecule has 24 heavy (non-hydrogen) atoms. The number of carbonyl (C=O) groups excluding carboxylic acids is 1. The minimum atomic E-state index is -0.304. The smallest absolute Gasteiger partial charge is 0.272 e. The predicted octanol–water partition coefficient (Wildman–Crippen LogP) is 2.54. The average Bonchev–Trinajstić information content (AvgIpc) is 2.58. The van der Waals surface area contributed by atoms with E-state index in [0.29, 0.717) is 13.2 Å². The van der Waals surface area contributed by atoms with Crippen molar-refractivity contribution in [3.63, 3.8) is 0 Å². The Hall–Kier alpha value is -2.63. The first kappa shape index (κ1) is 17.7. The zero-order valence-electron chi connectivity index (χ0n) is 14.3. The molecule has 0 spiro atoms. The summed E-state index contributed by atoms with van der Waals surface area (Å²) < 4.78 is 6.72. The van der Waals surface area contributed by atoms with Gasteiger partial charge in [-0.25, -0.2) is 4.68 Å². The van der Waals surface area contributed by atoms with Gasteiger partial charge in [-0.2, -0.15) is 5.10 Å². The summed E-state index contributed by atoms with van der Waals surface area (Å²) in [4.78, 5) is 24.0. The lowest BCUT2D eigenvalue weighted by molar-refractivity contribution is 0.0932. The van der Waals surface area contributed by atoms with Gasteiger partial charge in [0.25, 0.3) is 11.5 Å². The van der Waals surface area contributed by atoms with E-state index in [1.54, 1.807) is 0 Å². The van der Waals surface area contributed by atoms with Crippen LogP contribution in [0.15, 0.2) is 41.2 Å². The summed E-state index contributed by atoms with van der Waals surface area (Å²) in [6.45, 7) is 6.89. The third-order valence-corrected chi connectivity index (χ3v) is 3.57. The van der Waals surface area contributed by atoms with Gasteiger partial charge in [0.15, 0.2) is 0 Å². The summed E-state index contributed by atoms with van der Waals surface area (Å²) in [7, 11) is 0. The molecule has 1 atom stereocenters. The van der Waals surface area contributed by atoms with Crippen molar-refractivity contribution in [1.82, 2.24) is 15.1 Å². The van der Waals surface area contributed by atoms with Crippen molar-refractivity contribution in [2.75, 3.05) is 6.61 Å². The molecule has 0 aliphatic rings. The second kappa shape index (κ2) is 8.29. The molecule has 6 nitrogen and oxygen atoms in total.